The summed E-state index contributed by atoms with van der Waals surface area (Å²) in [4.78, 5) is 27.0. The van der Waals surface area contributed by atoms with Crippen molar-refractivity contribution in [3.05, 3.63) is 53.5 Å². The number of rotatable bonds is 7. The number of urea groups is 1. The van der Waals surface area contributed by atoms with Gasteiger partial charge in [0.25, 0.3) is 5.91 Å². The van der Waals surface area contributed by atoms with E-state index in [1.54, 1.807) is 45.3 Å². The number of phenols is 1. The Kier molecular flexibility index (Phi) is 6.84. The number of nitrogens with one attached hydrogen (secondary N) is 1. The molecule has 0 aliphatic carbocycles. The maximum atomic E-state index is 12.4. The Balaban J connectivity index is 1.92. The minimum atomic E-state index is -0.921. The van der Waals surface area contributed by atoms with Crippen LogP contribution in [0, 0.1) is 0 Å². The smallest absolute Gasteiger partial charge is 0.317 e. The SMILES string of the molecule is CCN(C[C@@H](O)c1cccc(O)c1)C(=O)NCc1ccc(C(=O)N(C)C)o1. The van der Waals surface area contributed by atoms with Crippen LogP contribution in [0.5, 0.6) is 5.75 Å². The quantitative estimate of drug-likeness (QED) is 0.686. The number of aromatic hydroxyl groups is 1. The molecule has 0 bridgehead atoms. The summed E-state index contributed by atoms with van der Waals surface area (Å²) < 4.78 is 5.43. The first-order valence-electron chi connectivity index (χ1n) is 8.62. The predicted molar refractivity (Wildman–Crippen MR) is 99.3 cm³/mol. The maximum Gasteiger partial charge on any atom is 0.317 e. The molecule has 0 unspecified atom stereocenters. The average Bonchev–Trinajstić information content (AvgIpc) is 3.12. The van der Waals surface area contributed by atoms with Crippen molar-refractivity contribution in [2.45, 2.75) is 19.6 Å². The average molecular weight is 375 g/mol. The number of aliphatic hydroxyl groups is 1. The van der Waals surface area contributed by atoms with E-state index in [4.69, 9.17) is 4.42 Å². The number of furan rings is 1. The van der Waals surface area contributed by atoms with Gasteiger partial charge in [0.2, 0.25) is 0 Å². The summed E-state index contributed by atoms with van der Waals surface area (Å²) in [7, 11) is 3.26. The van der Waals surface area contributed by atoms with Gasteiger partial charge in [-0.1, -0.05) is 12.1 Å². The summed E-state index contributed by atoms with van der Waals surface area (Å²) in [5, 5.41) is 22.5. The van der Waals surface area contributed by atoms with E-state index >= 15 is 0 Å². The van der Waals surface area contributed by atoms with Crippen molar-refractivity contribution in [2.24, 2.45) is 0 Å². The number of carbonyl (C=O) groups is 2. The number of benzene rings is 1. The molecule has 0 spiro atoms. The van der Waals surface area contributed by atoms with Crippen LogP contribution in [0.25, 0.3) is 0 Å². The highest BCUT2D eigenvalue weighted by molar-refractivity contribution is 5.91. The van der Waals surface area contributed by atoms with E-state index in [0.29, 0.717) is 17.9 Å². The monoisotopic (exact) mass is 375 g/mol. The van der Waals surface area contributed by atoms with Crippen molar-refractivity contribution < 1.29 is 24.2 Å². The number of hydrogen-bond acceptors (Lipinski definition) is 5. The maximum absolute atomic E-state index is 12.4. The first-order chi connectivity index (χ1) is 12.8. The molecule has 8 nitrogen and oxygen atoms in total. The van der Waals surface area contributed by atoms with E-state index in [9.17, 15) is 19.8 Å². The summed E-state index contributed by atoms with van der Waals surface area (Å²) in [5.41, 5.74) is 0.527. The van der Waals surface area contributed by atoms with Gasteiger partial charge in [-0.15, -0.1) is 0 Å². The number of amides is 3. The van der Waals surface area contributed by atoms with Gasteiger partial charge in [0.05, 0.1) is 19.2 Å². The molecular weight excluding hydrogens is 350 g/mol. The van der Waals surface area contributed by atoms with E-state index in [0.717, 1.165) is 0 Å². The molecule has 0 saturated heterocycles. The van der Waals surface area contributed by atoms with Gasteiger partial charge in [-0.2, -0.15) is 0 Å². The van der Waals surface area contributed by atoms with Crippen LogP contribution >= 0.6 is 0 Å². The Morgan fingerprint density at radius 2 is 1.96 bits per heavy atom. The zero-order valence-electron chi connectivity index (χ0n) is 15.7. The number of carbonyl (C=O) groups excluding carboxylic acids is 2. The third-order valence-corrected chi connectivity index (χ3v) is 4.01. The summed E-state index contributed by atoms with van der Waals surface area (Å²) >= 11 is 0. The number of aliphatic hydroxyl groups excluding tert-OH is 1. The molecule has 27 heavy (non-hydrogen) atoms. The second-order valence-corrected chi connectivity index (χ2v) is 6.27. The second-order valence-electron chi connectivity index (χ2n) is 6.27. The molecule has 0 aliphatic heterocycles. The van der Waals surface area contributed by atoms with Crippen molar-refractivity contribution in [3.8, 4) is 5.75 Å². The molecule has 0 aliphatic rings. The van der Waals surface area contributed by atoms with Gasteiger partial charge >= 0.3 is 6.03 Å². The standard InChI is InChI=1S/C19H25N3O5/c1-4-22(12-16(24)13-6-5-7-14(23)10-13)19(26)20-11-15-8-9-17(27-15)18(25)21(2)3/h5-10,16,23-24H,4,11-12H2,1-3H3,(H,20,26)/t16-/m1/s1. The van der Waals surface area contributed by atoms with Gasteiger partial charge < -0.3 is 29.7 Å². The Bertz CT molecular complexity index is 787. The lowest BCUT2D eigenvalue weighted by atomic mass is 10.1. The molecule has 1 aromatic heterocycles. The Hall–Kier alpha value is -3.00. The highest BCUT2D eigenvalue weighted by Gasteiger charge is 2.18. The van der Waals surface area contributed by atoms with Crippen LogP contribution < -0.4 is 5.32 Å². The molecule has 2 rings (SSSR count). The fourth-order valence-electron chi connectivity index (χ4n) is 2.48. The molecule has 0 radical (unpaired) electrons. The van der Waals surface area contributed by atoms with Crippen LogP contribution in [-0.4, -0.2) is 59.1 Å². The summed E-state index contributed by atoms with van der Waals surface area (Å²) in [6.07, 6.45) is -0.921. The summed E-state index contributed by atoms with van der Waals surface area (Å²) in [6, 6.07) is 9.12. The zero-order chi connectivity index (χ0) is 20.0. The largest absolute Gasteiger partial charge is 0.508 e. The summed E-state index contributed by atoms with van der Waals surface area (Å²) in [6.45, 7) is 2.40. The molecule has 0 saturated carbocycles. The van der Waals surface area contributed by atoms with Crippen LogP contribution in [0.15, 0.2) is 40.8 Å². The highest BCUT2D eigenvalue weighted by Crippen LogP contribution is 2.19. The van der Waals surface area contributed by atoms with Gasteiger partial charge in [0.15, 0.2) is 5.76 Å². The van der Waals surface area contributed by atoms with Crippen molar-refractivity contribution in [1.82, 2.24) is 15.1 Å². The Morgan fingerprint density at radius 1 is 1.22 bits per heavy atom. The minimum absolute atomic E-state index is 0.0555. The van der Waals surface area contributed by atoms with Crippen LogP contribution in [-0.2, 0) is 6.54 Å². The molecule has 1 heterocycles. The van der Waals surface area contributed by atoms with Crippen LogP contribution in [0.4, 0.5) is 4.79 Å². The zero-order valence-corrected chi connectivity index (χ0v) is 15.7. The predicted octanol–water partition coefficient (Wildman–Crippen LogP) is 1.95. The van der Waals surface area contributed by atoms with E-state index in [2.05, 4.69) is 5.32 Å². The number of phenolic OH excluding ortho intramolecular Hbond substituents is 1. The fourth-order valence-corrected chi connectivity index (χ4v) is 2.48. The number of likely N-dealkylation sites (N-methyl/N-ethyl adjacent to an activating group) is 1. The van der Waals surface area contributed by atoms with E-state index in [-0.39, 0.29) is 36.5 Å². The fraction of sp³-hybridized carbons (Fsp3) is 0.368. The molecule has 3 N–H and O–H groups in total. The van der Waals surface area contributed by atoms with Gasteiger partial charge in [0, 0.05) is 20.6 Å². The van der Waals surface area contributed by atoms with Crippen molar-refractivity contribution in [1.29, 1.82) is 0 Å². The topological polar surface area (TPSA) is 106 Å². The lowest BCUT2D eigenvalue weighted by Gasteiger charge is -2.24. The lowest BCUT2D eigenvalue weighted by molar-refractivity contribution is 0.0794. The molecular formula is C19H25N3O5. The normalized spacial score (nSPS) is 11.7. The molecule has 0 fully saturated rings. The molecule has 3 amide bonds. The Morgan fingerprint density at radius 3 is 2.59 bits per heavy atom. The van der Waals surface area contributed by atoms with Gasteiger partial charge in [-0.25, -0.2) is 4.79 Å². The third-order valence-electron chi connectivity index (χ3n) is 4.01. The first kappa shape index (κ1) is 20.3. The minimum Gasteiger partial charge on any atom is -0.508 e. The molecule has 1 atom stereocenters. The first-order valence-corrected chi connectivity index (χ1v) is 8.62. The molecule has 1 aromatic carbocycles. The van der Waals surface area contributed by atoms with Crippen LogP contribution in [0.2, 0.25) is 0 Å². The van der Waals surface area contributed by atoms with Gasteiger partial charge in [-0.05, 0) is 36.8 Å². The van der Waals surface area contributed by atoms with Crippen molar-refractivity contribution >= 4 is 11.9 Å². The van der Waals surface area contributed by atoms with Crippen LogP contribution in [0.1, 0.15) is 34.9 Å². The van der Waals surface area contributed by atoms with Gasteiger partial charge in [-0.3, -0.25) is 4.79 Å². The van der Waals surface area contributed by atoms with Gasteiger partial charge in [0.1, 0.15) is 11.5 Å². The lowest BCUT2D eigenvalue weighted by Crippen LogP contribution is -2.41. The molecule has 146 valence electrons. The van der Waals surface area contributed by atoms with E-state index in [1.807, 2.05) is 0 Å². The number of nitrogens with zero attached hydrogens (tertiary/aromatic N) is 2. The molecule has 8 heteroatoms. The van der Waals surface area contributed by atoms with E-state index < -0.39 is 6.10 Å². The summed E-state index contributed by atoms with van der Waals surface area (Å²) in [5.74, 6) is 0.464. The van der Waals surface area contributed by atoms with Crippen molar-refractivity contribution in [2.75, 3.05) is 27.2 Å². The third kappa shape index (κ3) is 5.49. The number of hydrogen-bond donors (Lipinski definition) is 3. The van der Waals surface area contributed by atoms with Crippen molar-refractivity contribution in [3.63, 3.8) is 0 Å². The highest BCUT2D eigenvalue weighted by atomic mass is 16.4. The second kappa shape index (κ2) is 9.09. The van der Waals surface area contributed by atoms with E-state index in [1.165, 1.54) is 21.9 Å². The van der Waals surface area contributed by atoms with Crippen LogP contribution in [0.3, 0.4) is 0 Å². The Labute approximate surface area is 158 Å². The molecule has 2 aromatic rings.